The molecule has 1 heterocycles. The predicted octanol–water partition coefficient (Wildman–Crippen LogP) is 5.10. The van der Waals surface area contributed by atoms with Crippen LogP contribution in [0.1, 0.15) is 35.6 Å². The summed E-state index contributed by atoms with van der Waals surface area (Å²) in [6.45, 7) is 3.13. The Morgan fingerprint density at radius 2 is 1.39 bits per heavy atom. The quantitative estimate of drug-likeness (QED) is 0.636. The van der Waals surface area contributed by atoms with Crippen molar-refractivity contribution in [2.75, 3.05) is 18.8 Å². The number of para-hydroxylation sites is 1. The minimum atomic E-state index is -0.0296. The maximum Gasteiger partial charge on any atom is 0.102 e. The van der Waals surface area contributed by atoms with Gasteiger partial charge < -0.3 is 5.73 Å². The lowest BCUT2D eigenvalue weighted by molar-refractivity contribution is 0.266. The molecule has 0 aliphatic carbocycles. The first-order valence-corrected chi connectivity index (χ1v) is 10.0. The molecule has 3 nitrogen and oxygen atoms in total. The first kappa shape index (κ1) is 18.5. The Morgan fingerprint density at radius 1 is 0.786 bits per heavy atom. The summed E-state index contributed by atoms with van der Waals surface area (Å²) in [7, 11) is 0. The Labute approximate surface area is 167 Å². The molecule has 0 radical (unpaired) electrons. The second kappa shape index (κ2) is 8.85. The number of rotatable bonds is 5. The zero-order chi connectivity index (χ0) is 19.2. The standard InChI is InChI=1S/C25H27N3/c26-24-14-8-7-13-23(24)25(21-11-5-2-6-12-21)27-22-15-17-28(18-16-22)19-20-9-3-1-4-10-20/h1-14,25H,15-19,26H2. The lowest BCUT2D eigenvalue weighted by Crippen LogP contribution is -2.33. The number of nitrogens with zero attached hydrogens (tertiary/aromatic N) is 2. The van der Waals surface area contributed by atoms with Crippen LogP contribution in [0, 0.1) is 0 Å². The van der Waals surface area contributed by atoms with E-state index < -0.39 is 0 Å². The highest BCUT2D eigenvalue weighted by atomic mass is 15.1. The van der Waals surface area contributed by atoms with E-state index in [1.54, 1.807) is 0 Å². The van der Waals surface area contributed by atoms with Crippen molar-refractivity contribution in [3.8, 4) is 0 Å². The average molecular weight is 370 g/mol. The van der Waals surface area contributed by atoms with Gasteiger partial charge in [-0.05, 0) is 30.0 Å². The summed E-state index contributed by atoms with van der Waals surface area (Å²) in [5.41, 5.74) is 12.1. The SMILES string of the molecule is Nc1ccccc1C(N=C1CCN(Cc2ccccc2)CC1)c1ccccc1. The third-order valence-corrected chi connectivity index (χ3v) is 5.40. The van der Waals surface area contributed by atoms with E-state index in [-0.39, 0.29) is 6.04 Å². The molecular formula is C25H27N3. The summed E-state index contributed by atoms with van der Waals surface area (Å²) < 4.78 is 0. The van der Waals surface area contributed by atoms with Gasteiger partial charge in [0.2, 0.25) is 0 Å². The highest BCUT2D eigenvalue weighted by Gasteiger charge is 2.20. The van der Waals surface area contributed by atoms with Crippen molar-refractivity contribution >= 4 is 11.4 Å². The molecule has 4 rings (SSSR count). The van der Waals surface area contributed by atoms with Gasteiger partial charge in [-0.15, -0.1) is 0 Å². The number of hydrogen-bond donors (Lipinski definition) is 1. The van der Waals surface area contributed by atoms with E-state index in [0.29, 0.717) is 0 Å². The van der Waals surface area contributed by atoms with Gasteiger partial charge in [0.1, 0.15) is 6.04 Å². The fraction of sp³-hybridized carbons (Fsp3) is 0.240. The van der Waals surface area contributed by atoms with Crippen molar-refractivity contribution in [2.45, 2.75) is 25.4 Å². The van der Waals surface area contributed by atoms with Crippen LogP contribution in [0.25, 0.3) is 0 Å². The number of anilines is 1. The summed E-state index contributed by atoms with van der Waals surface area (Å²) in [4.78, 5) is 7.70. The van der Waals surface area contributed by atoms with Crippen LogP contribution in [0.15, 0.2) is 89.9 Å². The molecule has 3 aromatic carbocycles. The third kappa shape index (κ3) is 4.49. The van der Waals surface area contributed by atoms with Gasteiger partial charge in [0.25, 0.3) is 0 Å². The Bertz CT molecular complexity index is 909. The first-order valence-electron chi connectivity index (χ1n) is 10.0. The predicted molar refractivity (Wildman–Crippen MR) is 118 cm³/mol. The maximum absolute atomic E-state index is 6.29. The second-order valence-electron chi connectivity index (χ2n) is 7.40. The van der Waals surface area contributed by atoms with Gasteiger partial charge in [0, 0.05) is 36.6 Å². The number of likely N-dealkylation sites (tertiary alicyclic amines) is 1. The molecule has 2 N–H and O–H groups in total. The minimum Gasteiger partial charge on any atom is -0.398 e. The molecule has 1 unspecified atom stereocenters. The van der Waals surface area contributed by atoms with Crippen LogP contribution in [0.5, 0.6) is 0 Å². The van der Waals surface area contributed by atoms with Gasteiger partial charge in [0.15, 0.2) is 0 Å². The molecule has 3 heteroatoms. The molecular weight excluding hydrogens is 342 g/mol. The Hall–Kier alpha value is -2.91. The van der Waals surface area contributed by atoms with Crippen LogP contribution >= 0.6 is 0 Å². The lowest BCUT2D eigenvalue weighted by Gasteiger charge is -2.28. The van der Waals surface area contributed by atoms with Gasteiger partial charge >= 0.3 is 0 Å². The summed E-state index contributed by atoms with van der Waals surface area (Å²) in [6, 6.07) is 29.2. The monoisotopic (exact) mass is 369 g/mol. The van der Waals surface area contributed by atoms with Crippen LogP contribution in [-0.4, -0.2) is 23.7 Å². The Morgan fingerprint density at radius 3 is 2.07 bits per heavy atom. The summed E-state index contributed by atoms with van der Waals surface area (Å²) in [6.07, 6.45) is 2.03. The molecule has 1 fully saturated rings. The van der Waals surface area contributed by atoms with E-state index in [0.717, 1.165) is 43.7 Å². The lowest BCUT2D eigenvalue weighted by atomic mass is 9.97. The van der Waals surface area contributed by atoms with Crippen molar-refractivity contribution in [1.29, 1.82) is 0 Å². The van der Waals surface area contributed by atoms with Crippen LogP contribution in [-0.2, 0) is 6.54 Å². The third-order valence-electron chi connectivity index (χ3n) is 5.40. The second-order valence-corrected chi connectivity index (χ2v) is 7.40. The molecule has 0 amide bonds. The molecule has 3 aromatic rings. The number of hydrogen-bond acceptors (Lipinski definition) is 3. The number of aliphatic imine (C=N–C) groups is 1. The maximum atomic E-state index is 6.29. The highest BCUT2D eigenvalue weighted by molar-refractivity contribution is 5.86. The van der Waals surface area contributed by atoms with Crippen LogP contribution in [0.4, 0.5) is 5.69 Å². The van der Waals surface area contributed by atoms with Crippen molar-refractivity contribution in [2.24, 2.45) is 4.99 Å². The number of nitrogen functional groups attached to an aromatic ring is 1. The average Bonchev–Trinajstić information content (AvgIpc) is 2.75. The molecule has 1 saturated heterocycles. The van der Waals surface area contributed by atoms with E-state index >= 15 is 0 Å². The van der Waals surface area contributed by atoms with Gasteiger partial charge in [-0.2, -0.15) is 0 Å². The number of benzene rings is 3. The van der Waals surface area contributed by atoms with Crippen LogP contribution < -0.4 is 5.73 Å². The molecule has 0 saturated carbocycles. The highest BCUT2D eigenvalue weighted by Crippen LogP contribution is 2.31. The van der Waals surface area contributed by atoms with Crippen molar-refractivity contribution in [3.05, 3.63) is 102 Å². The molecule has 0 bridgehead atoms. The number of nitrogens with two attached hydrogens (primary N) is 1. The molecule has 0 spiro atoms. The van der Waals surface area contributed by atoms with E-state index in [1.165, 1.54) is 16.8 Å². The molecule has 1 atom stereocenters. The van der Waals surface area contributed by atoms with Crippen LogP contribution in [0.2, 0.25) is 0 Å². The fourth-order valence-corrected chi connectivity index (χ4v) is 3.84. The topological polar surface area (TPSA) is 41.6 Å². The summed E-state index contributed by atoms with van der Waals surface area (Å²) in [5.74, 6) is 0. The first-order chi connectivity index (χ1) is 13.8. The van der Waals surface area contributed by atoms with Gasteiger partial charge in [-0.25, -0.2) is 0 Å². The van der Waals surface area contributed by atoms with E-state index in [9.17, 15) is 0 Å². The molecule has 1 aliphatic rings. The molecule has 28 heavy (non-hydrogen) atoms. The Balaban J connectivity index is 1.51. The molecule has 1 aliphatic heterocycles. The minimum absolute atomic E-state index is 0.0296. The molecule has 0 aromatic heterocycles. The largest absolute Gasteiger partial charge is 0.398 e. The van der Waals surface area contributed by atoms with Crippen molar-refractivity contribution in [3.63, 3.8) is 0 Å². The normalized spacial score (nSPS) is 15.9. The van der Waals surface area contributed by atoms with E-state index in [1.807, 2.05) is 24.3 Å². The van der Waals surface area contributed by atoms with Gasteiger partial charge in [0.05, 0.1) is 0 Å². The summed E-state index contributed by atoms with van der Waals surface area (Å²) in [5, 5.41) is 0. The number of piperidine rings is 1. The smallest absolute Gasteiger partial charge is 0.102 e. The molecule has 142 valence electrons. The van der Waals surface area contributed by atoms with Crippen molar-refractivity contribution in [1.82, 2.24) is 4.90 Å². The van der Waals surface area contributed by atoms with E-state index in [4.69, 9.17) is 10.7 Å². The summed E-state index contributed by atoms with van der Waals surface area (Å²) >= 11 is 0. The van der Waals surface area contributed by atoms with Crippen molar-refractivity contribution < 1.29 is 0 Å². The van der Waals surface area contributed by atoms with Gasteiger partial charge in [-0.3, -0.25) is 9.89 Å². The van der Waals surface area contributed by atoms with Gasteiger partial charge in [-0.1, -0.05) is 78.9 Å². The van der Waals surface area contributed by atoms with E-state index in [2.05, 4.69) is 65.6 Å². The van der Waals surface area contributed by atoms with Crippen LogP contribution in [0.3, 0.4) is 0 Å². The Kier molecular flexibility index (Phi) is 5.83. The fourth-order valence-electron chi connectivity index (χ4n) is 3.84. The zero-order valence-electron chi connectivity index (χ0n) is 16.2. The zero-order valence-corrected chi connectivity index (χ0v) is 16.2.